The van der Waals surface area contributed by atoms with Crippen molar-refractivity contribution in [3.8, 4) is 6.07 Å². The summed E-state index contributed by atoms with van der Waals surface area (Å²) in [5.74, 6) is 0. The van der Waals surface area contributed by atoms with E-state index in [4.69, 9.17) is 19.4 Å². The van der Waals surface area contributed by atoms with Crippen molar-refractivity contribution in [3.63, 3.8) is 0 Å². The maximum atomic E-state index is 13.9. The Hall–Kier alpha value is -3.62. The molecule has 2 radical (unpaired) electrons. The van der Waals surface area contributed by atoms with Gasteiger partial charge >= 0.3 is 0 Å². The second kappa shape index (κ2) is 10.1. The Labute approximate surface area is 238 Å². The fourth-order valence-electron chi connectivity index (χ4n) is 4.82. The molecule has 1 unspecified atom stereocenters. The molecule has 1 aliphatic heterocycles. The number of nitrogens with one attached hydrogen (secondary N) is 4. The van der Waals surface area contributed by atoms with E-state index in [1.807, 2.05) is 19.1 Å². The van der Waals surface area contributed by atoms with Crippen LogP contribution in [0.4, 0.5) is 20.2 Å². The third kappa shape index (κ3) is 5.02. The molecule has 4 N–H and O–H groups in total. The van der Waals surface area contributed by atoms with Gasteiger partial charge in [-0.25, -0.2) is 8.78 Å². The van der Waals surface area contributed by atoms with E-state index < -0.39 is 17.4 Å². The smallest absolute Gasteiger partial charge is 0.262 e. The highest BCUT2D eigenvalue weighted by atomic mass is 35.5. The maximum Gasteiger partial charge on any atom is 0.262 e. The summed E-state index contributed by atoms with van der Waals surface area (Å²) in [5.41, 5.74) is 6.87. The van der Waals surface area contributed by atoms with E-state index >= 15 is 0 Å². The molecule has 1 aromatic carbocycles. The number of pyridine rings is 2. The number of aryl methyl sites for hydroxylation is 1. The highest BCUT2D eigenvalue weighted by Crippen LogP contribution is 2.47. The van der Waals surface area contributed by atoms with Crippen LogP contribution in [0.25, 0.3) is 10.9 Å². The van der Waals surface area contributed by atoms with Crippen molar-refractivity contribution in [3.05, 3.63) is 70.4 Å². The second-order valence-electron chi connectivity index (χ2n) is 11.6. The van der Waals surface area contributed by atoms with Gasteiger partial charge in [0.05, 0.1) is 32.9 Å². The number of fused-ring (bicyclic) bond motifs is 1. The molecule has 12 heteroatoms. The van der Waals surface area contributed by atoms with Crippen molar-refractivity contribution in [2.45, 2.75) is 57.9 Å². The van der Waals surface area contributed by atoms with Crippen LogP contribution in [-0.4, -0.2) is 41.3 Å². The average molecular weight is 563 g/mol. The molecule has 0 amide bonds. The molecule has 1 saturated carbocycles. The maximum absolute atomic E-state index is 13.9. The van der Waals surface area contributed by atoms with E-state index in [0.29, 0.717) is 69.2 Å². The average Bonchev–Trinajstić information content (AvgIpc) is 3.56. The van der Waals surface area contributed by atoms with Crippen LogP contribution in [0.1, 0.15) is 50.4 Å². The first-order valence-electron chi connectivity index (χ1n) is 12.9. The number of nitriles is 1. The van der Waals surface area contributed by atoms with Gasteiger partial charge < -0.3 is 16.1 Å². The number of halogens is 3. The van der Waals surface area contributed by atoms with Crippen LogP contribution in [-0.2, 0) is 5.44 Å². The Balaban J connectivity index is 1.61. The molecule has 0 spiro atoms. The van der Waals surface area contributed by atoms with Gasteiger partial charge in [-0.15, -0.1) is 5.53 Å². The molecule has 8 nitrogen and oxygen atoms in total. The van der Waals surface area contributed by atoms with Gasteiger partial charge in [0.15, 0.2) is 0 Å². The highest BCUT2D eigenvalue weighted by molar-refractivity contribution is 6.36. The van der Waals surface area contributed by atoms with E-state index in [1.54, 1.807) is 24.5 Å². The predicted octanol–water partition coefficient (Wildman–Crippen LogP) is 5.32. The Morgan fingerprint density at radius 2 is 2.02 bits per heavy atom. The predicted molar refractivity (Wildman–Crippen MR) is 154 cm³/mol. The Bertz CT molecular complexity index is 1530. The topological polar surface area (TPSA) is 101 Å². The van der Waals surface area contributed by atoms with Gasteiger partial charge in [-0.2, -0.15) is 5.26 Å². The van der Waals surface area contributed by atoms with Gasteiger partial charge in [0.2, 0.25) is 0 Å². The van der Waals surface area contributed by atoms with E-state index in [9.17, 15) is 14.0 Å². The normalized spacial score (nSPS) is 17.7. The van der Waals surface area contributed by atoms with Gasteiger partial charge in [-0.3, -0.25) is 15.0 Å². The number of hydrogen-bond acceptors (Lipinski definition) is 8. The van der Waals surface area contributed by atoms with E-state index in [-0.39, 0.29) is 5.41 Å². The van der Waals surface area contributed by atoms with Crippen molar-refractivity contribution in [1.29, 1.82) is 5.26 Å². The molecule has 3 aromatic rings. The first-order valence-corrected chi connectivity index (χ1v) is 13.3. The Morgan fingerprint density at radius 3 is 2.65 bits per heavy atom. The lowest BCUT2D eigenvalue weighted by molar-refractivity contribution is 0.00910. The fraction of sp³-hybridized carbons (Fsp3) is 0.393. The monoisotopic (exact) mass is 562 g/mol. The molecular formula is C28H30BClF2N8. The quantitative estimate of drug-likeness (QED) is 0.274. The molecule has 40 heavy (non-hydrogen) atoms. The van der Waals surface area contributed by atoms with Gasteiger partial charge in [-0.05, 0) is 48.9 Å². The largest absolute Gasteiger partial charge is 0.383 e. The zero-order chi connectivity index (χ0) is 28.9. The van der Waals surface area contributed by atoms with Crippen LogP contribution >= 0.6 is 11.6 Å². The van der Waals surface area contributed by atoms with Crippen LogP contribution in [0.3, 0.4) is 0 Å². The van der Waals surface area contributed by atoms with Crippen LogP contribution in [0, 0.1) is 23.7 Å². The zero-order valence-corrected chi connectivity index (χ0v) is 23.5. The van der Waals surface area contributed by atoms with E-state index in [1.165, 1.54) is 11.2 Å². The molecular weight excluding hydrogens is 533 g/mol. The molecule has 2 aromatic heterocycles. The van der Waals surface area contributed by atoms with Crippen molar-refractivity contribution < 1.29 is 8.78 Å². The lowest BCUT2D eigenvalue weighted by Crippen LogP contribution is -2.50. The minimum Gasteiger partial charge on any atom is -0.383 e. The molecule has 0 saturated heterocycles. The Morgan fingerprint density at radius 1 is 1.27 bits per heavy atom. The van der Waals surface area contributed by atoms with Crippen LogP contribution in [0.15, 0.2) is 48.6 Å². The molecule has 1 fully saturated rings. The SMILES string of the molecule is [B]C(Nc1cc(Cl)c2ncc(C#N)c(NCC(C)(C)C)c2c1)(C1=CN(C2(C(F)F)CC2)NN1)c1cccnc1C. The Kier molecular flexibility index (Phi) is 7.05. The molecule has 3 heterocycles. The van der Waals surface area contributed by atoms with Gasteiger partial charge in [0.25, 0.3) is 6.43 Å². The van der Waals surface area contributed by atoms with Crippen molar-refractivity contribution in [2.75, 3.05) is 17.2 Å². The lowest BCUT2D eigenvalue weighted by atomic mass is 9.69. The summed E-state index contributed by atoms with van der Waals surface area (Å²) in [7, 11) is 7.10. The number of alkyl halides is 2. The van der Waals surface area contributed by atoms with Crippen LogP contribution in [0.5, 0.6) is 0 Å². The van der Waals surface area contributed by atoms with Crippen LogP contribution < -0.4 is 21.6 Å². The van der Waals surface area contributed by atoms with Crippen molar-refractivity contribution in [2.24, 2.45) is 5.41 Å². The molecule has 206 valence electrons. The van der Waals surface area contributed by atoms with Crippen molar-refractivity contribution in [1.82, 2.24) is 25.9 Å². The number of aromatic nitrogens is 2. The number of nitrogens with zero attached hydrogens (tertiary/aromatic N) is 4. The first kappa shape index (κ1) is 27.9. The molecule has 0 bridgehead atoms. The van der Waals surface area contributed by atoms with Gasteiger partial charge in [0, 0.05) is 41.9 Å². The summed E-state index contributed by atoms with van der Waals surface area (Å²) in [4.78, 5) is 8.84. The van der Waals surface area contributed by atoms with Crippen molar-refractivity contribution >= 4 is 41.7 Å². The molecule has 2 aliphatic rings. The third-order valence-electron chi connectivity index (χ3n) is 7.26. The number of benzene rings is 1. The third-order valence-corrected chi connectivity index (χ3v) is 7.54. The zero-order valence-electron chi connectivity index (χ0n) is 22.7. The second-order valence-corrected chi connectivity index (χ2v) is 12.0. The summed E-state index contributed by atoms with van der Waals surface area (Å²) < 4.78 is 27.7. The number of anilines is 2. The molecule has 5 rings (SSSR count). The van der Waals surface area contributed by atoms with Gasteiger partial charge in [-0.1, -0.05) is 38.4 Å². The fourth-order valence-corrected chi connectivity index (χ4v) is 5.08. The number of rotatable bonds is 8. The summed E-state index contributed by atoms with van der Waals surface area (Å²) in [6.07, 6.45) is 2.93. The summed E-state index contributed by atoms with van der Waals surface area (Å²) in [5, 5.41) is 19.0. The molecule has 1 aliphatic carbocycles. The number of hydrazine groups is 2. The lowest BCUT2D eigenvalue weighted by Gasteiger charge is -2.35. The minimum atomic E-state index is -2.53. The summed E-state index contributed by atoms with van der Waals surface area (Å²) in [6.45, 7) is 8.71. The molecule has 1 atom stereocenters. The summed E-state index contributed by atoms with van der Waals surface area (Å²) in [6, 6.07) is 9.33. The standard InChI is InChI=1S/C28H30BClF2N8/c1-16-20(6-5-9-34-16)28(29,22-14-40(39-38-22)27(7-8-27)25(31)32)37-18-10-19-23(36-15-26(2,3)4)17(12-33)13-35-24(19)21(30)11-18/h5-6,9-11,13-14,25,37-39H,7-8,15H2,1-4H3,(H,35,36). The van der Waals surface area contributed by atoms with Crippen LogP contribution in [0.2, 0.25) is 5.02 Å². The minimum absolute atomic E-state index is 0.0527. The summed E-state index contributed by atoms with van der Waals surface area (Å²) >= 11 is 6.71. The number of hydrogen-bond donors (Lipinski definition) is 4. The van der Waals surface area contributed by atoms with E-state index in [0.717, 1.165) is 0 Å². The van der Waals surface area contributed by atoms with Gasteiger partial charge in [0.1, 0.15) is 19.5 Å². The highest BCUT2D eigenvalue weighted by Gasteiger charge is 2.57. The van der Waals surface area contributed by atoms with E-state index in [2.05, 4.69) is 58.4 Å². The first-order chi connectivity index (χ1) is 18.9.